The topological polar surface area (TPSA) is 105 Å². The van der Waals surface area contributed by atoms with E-state index in [0.717, 1.165) is 116 Å². The fourth-order valence-corrected chi connectivity index (χ4v) is 10.7. The smallest absolute Gasteiger partial charge is 0.387 e. The molecule has 0 saturated carbocycles. The van der Waals surface area contributed by atoms with Crippen LogP contribution in [-0.2, 0) is 18.4 Å². The van der Waals surface area contributed by atoms with E-state index in [2.05, 4.69) is 129 Å². The molecule has 0 heterocycles. The molecule has 0 bridgehead atoms. The van der Waals surface area contributed by atoms with Gasteiger partial charge in [0.25, 0.3) is 0 Å². The number of phosphoric ester groups is 1. The van der Waals surface area contributed by atoms with Crippen LogP contribution in [0.2, 0.25) is 0 Å². The maximum atomic E-state index is 13.1. The minimum absolute atomic E-state index is 0.0514. The number of aliphatic hydroxyl groups excluding tert-OH is 1. The number of hydrogen-bond acceptors (Lipinski definition) is 5. The fourth-order valence-electron chi connectivity index (χ4n) is 9.98. The van der Waals surface area contributed by atoms with Gasteiger partial charge in [-0.05, 0) is 89.9 Å². The number of amides is 1. The van der Waals surface area contributed by atoms with Gasteiger partial charge in [-0.3, -0.25) is 13.8 Å². The number of quaternary nitrogens is 1. The molecule has 0 rings (SSSR count). The minimum atomic E-state index is -4.37. The first-order valence-electron chi connectivity index (χ1n) is 35.4. The molecule has 0 spiro atoms. The van der Waals surface area contributed by atoms with Gasteiger partial charge >= 0.3 is 7.82 Å². The summed E-state index contributed by atoms with van der Waals surface area (Å²) in [6.07, 6.45) is 97.7. The van der Waals surface area contributed by atoms with Gasteiger partial charge in [-0.25, -0.2) is 4.57 Å². The summed E-state index contributed by atoms with van der Waals surface area (Å²) in [6, 6.07) is -0.869. The number of phosphoric acid groups is 1. The van der Waals surface area contributed by atoms with Crippen molar-refractivity contribution in [3.8, 4) is 0 Å². The molecule has 0 aliphatic heterocycles. The molecule has 8 nitrogen and oxygen atoms in total. The summed E-state index contributed by atoms with van der Waals surface area (Å²) in [6.45, 7) is 4.71. The van der Waals surface area contributed by atoms with Crippen molar-refractivity contribution in [3.05, 3.63) is 122 Å². The first-order valence-corrected chi connectivity index (χ1v) is 36.9. The molecule has 0 aliphatic rings. The molecule has 0 aromatic carbocycles. The summed E-state index contributed by atoms with van der Waals surface area (Å²) in [7, 11) is 1.55. The lowest BCUT2D eigenvalue weighted by Gasteiger charge is -2.25. The second-order valence-corrected chi connectivity index (χ2v) is 26.3. The Kier molecular flexibility index (Phi) is 63.0. The third-order valence-electron chi connectivity index (χ3n) is 15.4. The molecule has 3 unspecified atom stereocenters. The molecule has 0 aromatic rings. The molecule has 0 fully saturated rings. The fraction of sp³-hybridized carbons (Fsp3) is 0.724. The number of rotatable bonds is 64. The van der Waals surface area contributed by atoms with E-state index < -0.39 is 20.0 Å². The molecule has 85 heavy (non-hydrogen) atoms. The molecule has 3 N–H and O–H groups in total. The zero-order chi connectivity index (χ0) is 61.9. The number of carbonyl (C=O) groups is 1. The van der Waals surface area contributed by atoms with Crippen molar-refractivity contribution >= 4 is 13.7 Å². The Balaban J connectivity index is 4.18. The average molecular weight is 1200 g/mol. The Morgan fingerprint density at radius 2 is 0.706 bits per heavy atom. The summed E-state index contributed by atoms with van der Waals surface area (Å²) in [5, 5.41) is 14.0. The summed E-state index contributed by atoms with van der Waals surface area (Å²) >= 11 is 0. The predicted molar refractivity (Wildman–Crippen MR) is 373 cm³/mol. The van der Waals surface area contributed by atoms with E-state index in [1.54, 1.807) is 6.08 Å². The van der Waals surface area contributed by atoms with Gasteiger partial charge in [-0.2, -0.15) is 0 Å². The average Bonchev–Trinajstić information content (AvgIpc) is 3.49. The van der Waals surface area contributed by atoms with Gasteiger partial charge in [-0.15, -0.1) is 0 Å². The third kappa shape index (κ3) is 68.3. The Morgan fingerprint density at radius 3 is 1.04 bits per heavy atom. The van der Waals surface area contributed by atoms with Gasteiger partial charge in [0.15, 0.2) is 0 Å². The van der Waals surface area contributed by atoms with Crippen LogP contribution in [0, 0.1) is 0 Å². The van der Waals surface area contributed by atoms with Gasteiger partial charge in [-0.1, -0.05) is 328 Å². The quantitative estimate of drug-likeness (QED) is 0.0243. The van der Waals surface area contributed by atoms with Gasteiger partial charge in [0.2, 0.25) is 5.91 Å². The van der Waals surface area contributed by atoms with Crippen LogP contribution in [0.5, 0.6) is 0 Å². The van der Waals surface area contributed by atoms with Gasteiger partial charge in [0, 0.05) is 6.42 Å². The number of allylic oxidation sites excluding steroid dienone is 19. The summed E-state index contributed by atoms with van der Waals surface area (Å²) < 4.78 is 23.8. The molecular weight excluding hydrogens is 1070 g/mol. The first-order chi connectivity index (χ1) is 41.5. The van der Waals surface area contributed by atoms with E-state index in [1.807, 2.05) is 27.2 Å². The Morgan fingerprint density at radius 1 is 0.412 bits per heavy atom. The van der Waals surface area contributed by atoms with Gasteiger partial charge in [0.1, 0.15) is 13.2 Å². The SMILES string of the molecule is CC/C=C\C/C=C\C/C=C\C/C=C\C/C=C\C/C=C\C/C=C\C/C=C\C/C=C\CCCCCCCC(=O)NC(COP(=O)(O)OCC[N+](C)(C)C)C(O)/C=C/CCCCCCCCCCCCCCCCCCCCCCCCCCCCCC. The number of nitrogens with zero attached hydrogens (tertiary/aromatic N) is 1. The van der Waals surface area contributed by atoms with Crippen molar-refractivity contribution in [1.29, 1.82) is 0 Å². The highest BCUT2D eigenvalue weighted by Crippen LogP contribution is 2.43. The molecule has 0 saturated heterocycles. The van der Waals surface area contributed by atoms with E-state index in [1.165, 1.54) is 167 Å². The number of unbranched alkanes of at least 4 members (excludes halogenated alkanes) is 33. The number of carbonyl (C=O) groups excluding carboxylic acids is 1. The minimum Gasteiger partial charge on any atom is -0.387 e. The van der Waals surface area contributed by atoms with Gasteiger partial charge < -0.3 is 19.8 Å². The molecule has 490 valence electrons. The number of hydrogen-bond donors (Lipinski definition) is 3. The van der Waals surface area contributed by atoms with Crippen molar-refractivity contribution in [2.75, 3.05) is 40.9 Å². The first kappa shape index (κ1) is 81.9. The molecule has 0 aliphatic carbocycles. The van der Waals surface area contributed by atoms with E-state index in [4.69, 9.17) is 9.05 Å². The van der Waals surface area contributed by atoms with Crippen molar-refractivity contribution in [2.45, 2.75) is 315 Å². The third-order valence-corrected chi connectivity index (χ3v) is 16.4. The van der Waals surface area contributed by atoms with Crippen molar-refractivity contribution in [1.82, 2.24) is 5.32 Å². The lowest BCUT2D eigenvalue weighted by molar-refractivity contribution is -0.870. The highest BCUT2D eigenvalue weighted by molar-refractivity contribution is 7.47. The normalized spacial score (nSPS) is 14.4. The zero-order valence-corrected chi connectivity index (χ0v) is 57.0. The molecule has 0 aromatic heterocycles. The monoisotopic (exact) mass is 1200 g/mol. The maximum absolute atomic E-state index is 13.1. The second-order valence-electron chi connectivity index (χ2n) is 24.9. The van der Waals surface area contributed by atoms with Crippen LogP contribution in [0.15, 0.2) is 122 Å². The van der Waals surface area contributed by atoms with Crippen LogP contribution in [0.1, 0.15) is 303 Å². The number of nitrogens with one attached hydrogen (secondary N) is 1. The number of likely N-dealkylation sites (N-methyl/N-ethyl adjacent to an activating group) is 1. The van der Waals surface area contributed by atoms with Crippen LogP contribution in [0.4, 0.5) is 0 Å². The van der Waals surface area contributed by atoms with Crippen LogP contribution in [0.25, 0.3) is 0 Å². The lowest BCUT2D eigenvalue weighted by atomic mass is 10.0. The van der Waals surface area contributed by atoms with Crippen LogP contribution in [0.3, 0.4) is 0 Å². The predicted octanol–water partition coefficient (Wildman–Crippen LogP) is 22.8. The summed E-state index contributed by atoms with van der Waals surface area (Å²) in [4.78, 5) is 23.4. The van der Waals surface area contributed by atoms with Crippen LogP contribution < -0.4 is 5.32 Å². The Hall–Kier alpha value is -3.10. The van der Waals surface area contributed by atoms with E-state index in [9.17, 15) is 19.4 Å². The molecular formula is C76H136N2O6P+. The number of aliphatic hydroxyl groups is 1. The zero-order valence-electron chi connectivity index (χ0n) is 56.1. The second kappa shape index (κ2) is 65.3. The maximum Gasteiger partial charge on any atom is 0.472 e. The lowest BCUT2D eigenvalue weighted by Crippen LogP contribution is -2.45. The molecule has 3 atom stereocenters. The van der Waals surface area contributed by atoms with Crippen molar-refractivity contribution in [2.24, 2.45) is 0 Å². The molecule has 9 heteroatoms. The summed E-state index contributed by atoms with van der Waals surface area (Å²) in [5.74, 6) is -0.197. The van der Waals surface area contributed by atoms with Crippen molar-refractivity contribution in [3.63, 3.8) is 0 Å². The van der Waals surface area contributed by atoms with E-state index in [-0.39, 0.29) is 19.1 Å². The largest absolute Gasteiger partial charge is 0.472 e. The van der Waals surface area contributed by atoms with Gasteiger partial charge in [0.05, 0.1) is 39.9 Å². The summed E-state index contributed by atoms with van der Waals surface area (Å²) in [5.41, 5.74) is 0. The highest BCUT2D eigenvalue weighted by atomic mass is 31.2. The van der Waals surface area contributed by atoms with Crippen LogP contribution in [-0.4, -0.2) is 73.4 Å². The molecule has 1 amide bonds. The van der Waals surface area contributed by atoms with E-state index in [0.29, 0.717) is 17.4 Å². The van der Waals surface area contributed by atoms with Crippen molar-refractivity contribution < 1.29 is 32.9 Å². The van der Waals surface area contributed by atoms with Crippen LogP contribution >= 0.6 is 7.82 Å². The Labute approximate surface area is 526 Å². The molecule has 0 radical (unpaired) electrons. The highest BCUT2D eigenvalue weighted by Gasteiger charge is 2.28. The van der Waals surface area contributed by atoms with E-state index >= 15 is 0 Å². The standard InChI is InChI=1S/C76H135N2O6P/c1-6-8-10-12-14-16-18-20-22-24-26-28-30-32-34-36-38-39-40-42-44-46-48-50-52-54-56-58-60-62-64-66-68-70-76(80)77-74(73-84-85(81,82)83-72-71-78(3,4)5)75(79)69-67-65-63-61-59-57-55-53-51-49-47-45-43-41-37-35-33-31-29-27-25-23-21-19-17-15-13-11-9-7-2/h8,10,14,16,20,22,26,28,32,34,38-39,42,44,48,50,54,56,67,69,74-75,79H,6-7,9,11-13,15,17-19,21,23-25,27,29-31,33,35-37,40-41,43,45-47,49,51-53,55,57-66,68,70-73H2,1-5H3,(H-,77,80,81,82)/p+1/b10-8-,16-14-,22-20-,28-26-,34-32-,39-38-,44-42-,50-48-,56-54-,69-67+. The Bertz CT molecular complexity index is 1800.